The van der Waals surface area contributed by atoms with Crippen molar-refractivity contribution in [3.05, 3.63) is 0 Å². The molecule has 0 aromatic heterocycles. The topological polar surface area (TPSA) is 46.2 Å². The number of ketones is 1. The molecule has 20 heavy (non-hydrogen) atoms. The first-order valence-corrected chi connectivity index (χ1v) is 8.56. The Bertz CT molecular complexity index is 289. The predicted molar refractivity (Wildman–Crippen MR) is 82.6 cm³/mol. The highest BCUT2D eigenvalue weighted by Gasteiger charge is 2.26. The van der Waals surface area contributed by atoms with E-state index in [2.05, 4.69) is 12.2 Å². The lowest BCUT2D eigenvalue weighted by Gasteiger charge is -2.11. The van der Waals surface area contributed by atoms with Crippen LogP contribution in [0.2, 0.25) is 0 Å². The van der Waals surface area contributed by atoms with Crippen LogP contribution in [0.4, 0.5) is 0 Å². The van der Waals surface area contributed by atoms with Gasteiger partial charge in [0.25, 0.3) is 0 Å². The van der Waals surface area contributed by atoms with Crippen LogP contribution in [-0.2, 0) is 9.59 Å². The number of hydrogen-bond acceptors (Lipinski definition) is 2. The van der Waals surface area contributed by atoms with Crippen molar-refractivity contribution in [2.45, 2.75) is 84.0 Å². The molecule has 1 N–H and O–H groups in total. The second-order valence-electron chi connectivity index (χ2n) is 6.03. The number of rotatable bonds is 10. The van der Waals surface area contributed by atoms with Gasteiger partial charge in [-0.1, -0.05) is 58.3 Å². The van der Waals surface area contributed by atoms with Crippen molar-refractivity contribution in [1.82, 2.24) is 5.32 Å². The van der Waals surface area contributed by atoms with Crippen LogP contribution in [0.1, 0.15) is 84.0 Å². The first-order valence-electron chi connectivity index (χ1n) is 8.56. The molecule has 3 nitrogen and oxygen atoms in total. The van der Waals surface area contributed by atoms with Crippen molar-refractivity contribution in [2.75, 3.05) is 6.54 Å². The van der Waals surface area contributed by atoms with Crippen LogP contribution in [0.15, 0.2) is 0 Å². The molecular weight excluding hydrogens is 250 g/mol. The standard InChI is InChI=1S/C17H31NO2/c1-2-3-4-5-6-7-8-9-13-16(19)15-12-10-11-14-18-17(15)20/h15H,2-14H2,1H3,(H,18,20). The van der Waals surface area contributed by atoms with Gasteiger partial charge in [0.2, 0.25) is 5.91 Å². The molecular formula is C17H31NO2. The molecule has 1 amide bonds. The third-order valence-electron chi connectivity index (χ3n) is 4.20. The van der Waals surface area contributed by atoms with Crippen LogP contribution >= 0.6 is 0 Å². The maximum absolute atomic E-state index is 12.1. The van der Waals surface area contributed by atoms with Gasteiger partial charge in [0.1, 0.15) is 5.78 Å². The summed E-state index contributed by atoms with van der Waals surface area (Å²) in [6.45, 7) is 2.97. The summed E-state index contributed by atoms with van der Waals surface area (Å²) < 4.78 is 0. The summed E-state index contributed by atoms with van der Waals surface area (Å²) in [5, 5.41) is 2.85. The van der Waals surface area contributed by atoms with Gasteiger partial charge < -0.3 is 5.32 Å². The summed E-state index contributed by atoms with van der Waals surface area (Å²) in [7, 11) is 0. The third kappa shape index (κ3) is 7.06. The predicted octanol–water partition coefficient (Wildman–Crippen LogP) is 4.00. The minimum atomic E-state index is -0.359. The smallest absolute Gasteiger partial charge is 0.230 e. The Labute approximate surface area is 123 Å². The second-order valence-corrected chi connectivity index (χ2v) is 6.03. The van der Waals surface area contributed by atoms with Gasteiger partial charge in [-0.15, -0.1) is 0 Å². The Hall–Kier alpha value is -0.860. The van der Waals surface area contributed by atoms with E-state index in [-0.39, 0.29) is 17.6 Å². The van der Waals surface area contributed by atoms with E-state index in [0.29, 0.717) is 6.42 Å². The van der Waals surface area contributed by atoms with Gasteiger partial charge in [-0.2, -0.15) is 0 Å². The Balaban J connectivity index is 2.05. The van der Waals surface area contributed by atoms with Crippen molar-refractivity contribution < 1.29 is 9.59 Å². The van der Waals surface area contributed by atoms with Gasteiger partial charge in [0.15, 0.2) is 0 Å². The normalized spacial score (nSPS) is 19.4. The third-order valence-corrected chi connectivity index (χ3v) is 4.20. The number of amides is 1. The molecule has 116 valence electrons. The average Bonchev–Trinajstić information content (AvgIpc) is 2.66. The largest absolute Gasteiger partial charge is 0.355 e. The average molecular weight is 281 g/mol. The van der Waals surface area contributed by atoms with Crippen LogP contribution in [-0.4, -0.2) is 18.2 Å². The van der Waals surface area contributed by atoms with Crippen LogP contribution in [0, 0.1) is 5.92 Å². The molecule has 1 aliphatic rings. The molecule has 1 heterocycles. The Morgan fingerprint density at radius 1 is 1.05 bits per heavy atom. The summed E-state index contributed by atoms with van der Waals surface area (Å²) >= 11 is 0. The molecule has 0 radical (unpaired) electrons. The number of hydrogen-bond donors (Lipinski definition) is 1. The van der Waals surface area contributed by atoms with Crippen molar-refractivity contribution in [1.29, 1.82) is 0 Å². The van der Waals surface area contributed by atoms with Gasteiger partial charge in [-0.3, -0.25) is 9.59 Å². The lowest BCUT2D eigenvalue weighted by molar-refractivity contribution is -0.133. The number of unbranched alkanes of at least 4 members (excludes halogenated alkanes) is 7. The molecule has 0 aliphatic carbocycles. The molecule has 1 unspecified atom stereocenters. The molecule has 0 spiro atoms. The number of carbonyl (C=O) groups is 2. The maximum Gasteiger partial charge on any atom is 0.230 e. The molecule has 1 aliphatic heterocycles. The zero-order valence-corrected chi connectivity index (χ0v) is 13.1. The highest BCUT2D eigenvalue weighted by molar-refractivity contribution is 6.01. The first-order chi connectivity index (χ1) is 9.75. The molecule has 1 atom stereocenters. The summed E-state index contributed by atoms with van der Waals surface area (Å²) in [5.41, 5.74) is 0. The lowest BCUT2D eigenvalue weighted by Crippen LogP contribution is -2.33. The summed E-state index contributed by atoms with van der Waals surface area (Å²) in [5.74, 6) is -0.232. The highest BCUT2D eigenvalue weighted by Crippen LogP contribution is 2.17. The fourth-order valence-corrected chi connectivity index (χ4v) is 2.85. The van der Waals surface area contributed by atoms with Crippen molar-refractivity contribution in [2.24, 2.45) is 5.92 Å². The molecule has 1 fully saturated rings. The van der Waals surface area contributed by atoms with E-state index in [1.54, 1.807) is 0 Å². The Kier molecular flexibility index (Phi) is 9.35. The number of nitrogens with one attached hydrogen (secondary N) is 1. The fraction of sp³-hybridized carbons (Fsp3) is 0.882. The van der Waals surface area contributed by atoms with Crippen LogP contribution in [0.25, 0.3) is 0 Å². The number of Topliss-reactive ketones (excluding diaryl/α,β-unsaturated/α-hetero) is 1. The van der Waals surface area contributed by atoms with Crippen molar-refractivity contribution >= 4 is 11.7 Å². The summed E-state index contributed by atoms with van der Waals surface area (Å²) in [6, 6.07) is 0. The van der Waals surface area contributed by atoms with Crippen molar-refractivity contribution in [3.8, 4) is 0 Å². The van der Waals surface area contributed by atoms with E-state index < -0.39 is 0 Å². The van der Waals surface area contributed by atoms with E-state index in [1.807, 2.05) is 0 Å². The van der Waals surface area contributed by atoms with Crippen LogP contribution < -0.4 is 5.32 Å². The van der Waals surface area contributed by atoms with E-state index in [4.69, 9.17) is 0 Å². The van der Waals surface area contributed by atoms with Gasteiger partial charge >= 0.3 is 0 Å². The molecule has 1 saturated heterocycles. The maximum atomic E-state index is 12.1. The van der Waals surface area contributed by atoms with E-state index in [9.17, 15) is 9.59 Å². The Morgan fingerprint density at radius 2 is 1.70 bits per heavy atom. The zero-order chi connectivity index (χ0) is 14.6. The molecule has 1 rings (SSSR count). The van der Waals surface area contributed by atoms with E-state index in [0.717, 1.165) is 38.6 Å². The quantitative estimate of drug-likeness (QED) is 0.486. The van der Waals surface area contributed by atoms with Gasteiger partial charge in [0, 0.05) is 13.0 Å². The van der Waals surface area contributed by atoms with Crippen LogP contribution in [0.5, 0.6) is 0 Å². The zero-order valence-electron chi connectivity index (χ0n) is 13.1. The summed E-state index contributed by atoms with van der Waals surface area (Å²) in [6.07, 6.45) is 13.3. The number of carbonyl (C=O) groups excluding carboxylic acids is 2. The lowest BCUT2D eigenvalue weighted by atomic mass is 9.94. The van der Waals surface area contributed by atoms with Gasteiger partial charge in [-0.25, -0.2) is 0 Å². The summed E-state index contributed by atoms with van der Waals surface area (Å²) in [4.78, 5) is 23.8. The molecule has 3 heteroatoms. The first kappa shape index (κ1) is 17.2. The fourth-order valence-electron chi connectivity index (χ4n) is 2.85. The molecule has 0 aromatic carbocycles. The molecule has 0 aromatic rings. The van der Waals surface area contributed by atoms with Crippen molar-refractivity contribution in [3.63, 3.8) is 0 Å². The van der Waals surface area contributed by atoms with Gasteiger partial charge in [-0.05, 0) is 19.3 Å². The second kappa shape index (κ2) is 10.9. The Morgan fingerprint density at radius 3 is 2.40 bits per heavy atom. The van der Waals surface area contributed by atoms with Gasteiger partial charge in [0.05, 0.1) is 5.92 Å². The van der Waals surface area contributed by atoms with E-state index in [1.165, 1.54) is 38.5 Å². The SMILES string of the molecule is CCCCCCCCCCC(=O)C1CCCCNC1=O. The highest BCUT2D eigenvalue weighted by atomic mass is 16.2. The molecule has 0 bridgehead atoms. The minimum absolute atomic E-state index is 0.0351. The monoisotopic (exact) mass is 281 g/mol. The van der Waals surface area contributed by atoms with Crippen LogP contribution in [0.3, 0.4) is 0 Å². The molecule has 0 saturated carbocycles. The van der Waals surface area contributed by atoms with E-state index >= 15 is 0 Å². The minimum Gasteiger partial charge on any atom is -0.355 e.